The predicted octanol–water partition coefficient (Wildman–Crippen LogP) is 2.25. The van der Waals surface area contributed by atoms with E-state index < -0.39 is 0 Å². The van der Waals surface area contributed by atoms with Gasteiger partial charge in [0.2, 0.25) is 5.91 Å². The monoisotopic (exact) mass is 311 g/mol. The second-order valence-corrected chi connectivity index (χ2v) is 5.11. The van der Waals surface area contributed by atoms with Crippen LogP contribution in [0.3, 0.4) is 0 Å². The Kier molecular flexibility index (Phi) is 4.25. The molecule has 3 aromatic rings. The van der Waals surface area contributed by atoms with Crippen molar-refractivity contribution in [3.05, 3.63) is 54.0 Å². The number of nitrogens with zero attached hydrogens (tertiary/aromatic N) is 1. The Morgan fingerprint density at radius 1 is 1.35 bits per heavy atom. The van der Waals surface area contributed by atoms with Crippen LogP contribution in [0.15, 0.2) is 42.9 Å². The minimum atomic E-state index is -0.181. The molecular formula is C17H17N3O3. The van der Waals surface area contributed by atoms with Crippen LogP contribution in [0.4, 0.5) is 5.69 Å². The van der Waals surface area contributed by atoms with Crippen molar-refractivity contribution in [3.8, 4) is 5.75 Å². The highest BCUT2D eigenvalue weighted by Crippen LogP contribution is 2.29. The quantitative estimate of drug-likeness (QED) is 0.674. The molecule has 0 unspecified atom stereocenters. The van der Waals surface area contributed by atoms with Crippen LogP contribution < -0.4 is 10.1 Å². The van der Waals surface area contributed by atoms with Crippen molar-refractivity contribution in [2.24, 2.45) is 0 Å². The molecule has 1 aromatic carbocycles. The van der Waals surface area contributed by atoms with E-state index in [9.17, 15) is 9.90 Å². The average molecular weight is 311 g/mol. The number of nitrogens with one attached hydrogen (secondary N) is 2. The number of hydrogen-bond acceptors (Lipinski definition) is 4. The number of H-pyrrole nitrogens is 1. The summed E-state index contributed by atoms with van der Waals surface area (Å²) in [6, 6.07) is 7.36. The van der Waals surface area contributed by atoms with E-state index in [-0.39, 0.29) is 18.9 Å². The summed E-state index contributed by atoms with van der Waals surface area (Å²) in [5.41, 5.74) is 2.92. The van der Waals surface area contributed by atoms with Crippen LogP contribution in [0.1, 0.15) is 11.1 Å². The van der Waals surface area contributed by atoms with Crippen LogP contribution in [0.5, 0.6) is 5.75 Å². The number of aliphatic hydroxyl groups excluding tert-OH is 1. The molecule has 6 heteroatoms. The highest BCUT2D eigenvalue weighted by molar-refractivity contribution is 5.97. The summed E-state index contributed by atoms with van der Waals surface area (Å²) in [5.74, 6) is 0.545. The number of hydrogen-bond donors (Lipinski definition) is 3. The standard InChI is InChI=1S/C17H17N3O3/c1-23-15-4-2-3-13-17(15)12(8-19-13)7-16(22)20-14-9-18-6-5-11(14)10-21/h2-6,8-9,19,21H,7,10H2,1H3,(H,20,22). The number of aromatic amines is 1. The Bertz CT molecular complexity index is 842. The highest BCUT2D eigenvalue weighted by atomic mass is 16.5. The van der Waals surface area contributed by atoms with Gasteiger partial charge < -0.3 is 20.1 Å². The van der Waals surface area contributed by atoms with Gasteiger partial charge in [-0.3, -0.25) is 9.78 Å². The SMILES string of the molecule is COc1cccc2[nH]cc(CC(=O)Nc3cnccc3CO)c12. The first-order valence-corrected chi connectivity index (χ1v) is 7.19. The van der Waals surface area contributed by atoms with Gasteiger partial charge in [0.1, 0.15) is 5.75 Å². The largest absolute Gasteiger partial charge is 0.496 e. The molecule has 2 heterocycles. The lowest BCUT2D eigenvalue weighted by atomic mass is 10.1. The van der Waals surface area contributed by atoms with Gasteiger partial charge in [-0.25, -0.2) is 0 Å². The minimum absolute atomic E-state index is 0.154. The first-order chi connectivity index (χ1) is 11.2. The van der Waals surface area contributed by atoms with Crippen LogP contribution in [-0.4, -0.2) is 28.1 Å². The lowest BCUT2D eigenvalue weighted by Gasteiger charge is -2.09. The fourth-order valence-electron chi connectivity index (χ4n) is 2.57. The smallest absolute Gasteiger partial charge is 0.228 e. The molecule has 6 nitrogen and oxygen atoms in total. The molecule has 0 fully saturated rings. The van der Waals surface area contributed by atoms with Gasteiger partial charge >= 0.3 is 0 Å². The van der Waals surface area contributed by atoms with E-state index in [0.717, 1.165) is 22.2 Å². The third kappa shape index (κ3) is 3.02. The number of benzene rings is 1. The van der Waals surface area contributed by atoms with Gasteiger partial charge in [0.05, 0.1) is 32.0 Å². The summed E-state index contributed by atoms with van der Waals surface area (Å²) in [5, 5.41) is 13.0. The molecule has 23 heavy (non-hydrogen) atoms. The summed E-state index contributed by atoms with van der Waals surface area (Å²) >= 11 is 0. The van der Waals surface area contributed by atoms with Crippen molar-refractivity contribution in [2.75, 3.05) is 12.4 Å². The number of carbonyl (C=O) groups excluding carboxylic acids is 1. The van der Waals surface area contributed by atoms with Crippen LogP contribution in [0.25, 0.3) is 10.9 Å². The van der Waals surface area contributed by atoms with Crippen molar-refractivity contribution in [2.45, 2.75) is 13.0 Å². The number of methoxy groups -OCH3 is 1. The van der Waals surface area contributed by atoms with Crippen molar-refractivity contribution in [1.82, 2.24) is 9.97 Å². The number of aromatic nitrogens is 2. The lowest BCUT2D eigenvalue weighted by Crippen LogP contribution is -2.15. The Hall–Kier alpha value is -2.86. The highest BCUT2D eigenvalue weighted by Gasteiger charge is 2.13. The maximum Gasteiger partial charge on any atom is 0.228 e. The Balaban J connectivity index is 1.83. The zero-order valence-corrected chi connectivity index (χ0v) is 12.7. The van der Waals surface area contributed by atoms with E-state index in [1.54, 1.807) is 19.4 Å². The van der Waals surface area contributed by atoms with Gasteiger partial charge in [-0.2, -0.15) is 0 Å². The maximum absolute atomic E-state index is 12.3. The summed E-state index contributed by atoms with van der Waals surface area (Å²) in [7, 11) is 1.61. The zero-order chi connectivity index (χ0) is 16.2. The second-order valence-electron chi connectivity index (χ2n) is 5.11. The van der Waals surface area contributed by atoms with Crippen molar-refractivity contribution in [3.63, 3.8) is 0 Å². The molecule has 0 saturated carbocycles. The van der Waals surface area contributed by atoms with Crippen LogP contribution in [-0.2, 0) is 17.8 Å². The van der Waals surface area contributed by atoms with Gasteiger partial charge in [0.25, 0.3) is 0 Å². The Morgan fingerprint density at radius 3 is 3.00 bits per heavy atom. The first kappa shape index (κ1) is 15.1. The van der Waals surface area contributed by atoms with Crippen molar-refractivity contribution >= 4 is 22.5 Å². The van der Waals surface area contributed by atoms with Crippen LogP contribution >= 0.6 is 0 Å². The van der Waals surface area contributed by atoms with Gasteiger partial charge in [0.15, 0.2) is 0 Å². The Morgan fingerprint density at radius 2 is 2.22 bits per heavy atom. The molecule has 0 atom stereocenters. The molecule has 0 saturated heterocycles. The molecule has 118 valence electrons. The predicted molar refractivity (Wildman–Crippen MR) is 87.3 cm³/mol. The number of carbonyl (C=O) groups is 1. The van der Waals surface area contributed by atoms with Crippen LogP contribution in [0, 0.1) is 0 Å². The minimum Gasteiger partial charge on any atom is -0.496 e. The van der Waals surface area contributed by atoms with E-state index in [1.165, 1.54) is 6.20 Å². The molecule has 0 spiro atoms. The summed E-state index contributed by atoms with van der Waals surface area (Å²) in [4.78, 5) is 19.4. The fourth-order valence-corrected chi connectivity index (χ4v) is 2.57. The number of amides is 1. The van der Waals surface area contributed by atoms with E-state index in [4.69, 9.17) is 4.74 Å². The molecule has 2 aromatic heterocycles. The normalized spacial score (nSPS) is 10.7. The zero-order valence-electron chi connectivity index (χ0n) is 12.7. The topological polar surface area (TPSA) is 87.2 Å². The van der Waals surface area contributed by atoms with E-state index in [1.807, 2.05) is 24.4 Å². The number of aliphatic hydroxyl groups is 1. The van der Waals surface area contributed by atoms with Gasteiger partial charge in [-0.15, -0.1) is 0 Å². The van der Waals surface area contributed by atoms with Gasteiger partial charge in [-0.1, -0.05) is 6.07 Å². The number of rotatable bonds is 5. The molecule has 0 aliphatic heterocycles. The van der Waals surface area contributed by atoms with E-state index in [2.05, 4.69) is 15.3 Å². The molecule has 0 aliphatic carbocycles. The van der Waals surface area contributed by atoms with E-state index in [0.29, 0.717) is 11.3 Å². The summed E-state index contributed by atoms with van der Waals surface area (Å²) in [6.07, 6.45) is 5.11. The average Bonchev–Trinajstić information content (AvgIpc) is 2.98. The number of pyridine rings is 1. The molecule has 0 radical (unpaired) electrons. The number of fused-ring (bicyclic) bond motifs is 1. The maximum atomic E-state index is 12.3. The molecular weight excluding hydrogens is 294 g/mol. The summed E-state index contributed by atoms with van der Waals surface area (Å²) < 4.78 is 5.37. The van der Waals surface area contributed by atoms with E-state index >= 15 is 0 Å². The molecule has 0 aliphatic rings. The number of anilines is 1. The third-order valence-corrected chi connectivity index (χ3v) is 3.68. The molecule has 0 bridgehead atoms. The summed E-state index contributed by atoms with van der Waals surface area (Å²) in [6.45, 7) is -0.154. The Labute approximate surface area is 133 Å². The third-order valence-electron chi connectivity index (χ3n) is 3.68. The first-order valence-electron chi connectivity index (χ1n) is 7.19. The van der Waals surface area contributed by atoms with Gasteiger partial charge in [-0.05, 0) is 23.8 Å². The van der Waals surface area contributed by atoms with Crippen molar-refractivity contribution in [1.29, 1.82) is 0 Å². The molecule has 3 rings (SSSR count). The fraction of sp³-hybridized carbons (Fsp3) is 0.176. The van der Waals surface area contributed by atoms with Gasteiger partial charge in [0, 0.05) is 28.9 Å². The molecule has 3 N–H and O–H groups in total. The molecule has 1 amide bonds. The lowest BCUT2D eigenvalue weighted by molar-refractivity contribution is -0.115. The van der Waals surface area contributed by atoms with Crippen LogP contribution in [0.2, 0.25) is 0 Å². The second kappa shape index (κ2) is 6.50. The van der Waals surface area contributed by atoms with Crippen molar-refractivity contribution < 1.29 is 14.6 Å². The number of ether oxygens (including phenoxy) is 1.